The van der Waals surface area contributed by atoms with E-state index in [2.05, 4.69) is 21.1 Å². The Hall–Kier alpha value is -3.73. The zero-order valence-electron chi connectivity index (χ0n) is 23.4. The fourth-order valence-corrected chi connectivity index (χ4v) is 4.21. The van der Waals surface area contributed by atoms with Gasteiger partial charge in [0.05, 0.1) is 49.4 Å². The van der Waals surface area contributed by atoms with Gasteiger partial charge in [-0.2, -0.15) is 10.2 Å². The molecule has 0 fully saturated rings. The molecule has 11 heteroatoms. The van der Waals surface area contributed by atoms with Gasteiger partial charge in [-0.3, -0.25) is 9.59 Å². The molecular formula is C28H38N4O6S. The van der Waals surface area contributed by atoms with E-state index in [0.29, 0.717) is 49.4 Å². The van der Waals surface area contributed by atoms with E-state index in [9.17, 15) is 9.59 Å². The maximum absolute atomic E-state index is 12.5. The topological polar surface area (TPSA) is 120 Å². The Kier molecular flexibility index (Phi) is 13.7. The van der Waals surface area contributed by atoms with Crippen LogP contribution in [-0.4, -0.2) is 61.2 Å². The van der Waals surface area contributed by atoms with E-state index in [1.807, 2.05) is 39.8 Å². The molecule has 2 unspecified atom stereocenters. The third-order valence-corrected chi connectivity index (χ3v) is 6.30. The van der Waals surface area contributed by atoms with Gasteiger partial charge in [-0.25, -0.2) is 10.9 Å². The van der Waals surface area contributed by atoms with Gasteiger partial charge in [0.15, 0.2) is 23.0 Å². The predicted octanol–water partition coefficient (Wildman–Crippen LogP) is 4.39. The van der Waals surface area contributed by atoms with E-state index in [-0.39, 0.29) is 11.8 Å². The molecule has 212 valence electrons. The lowest BCUT2D eigenvalue weighted by molar-refractivity contribution is -0.120. The first-order valence-electron chi connectivity index (χ1n) is 12.9. The van der Waals surface area contributed by atoms with Crippen molar-refractivity contribution in [3.63, 3.8) is 0 Å². The fraction of sp³-hybridized carbons (Fsp3) is 0.429. The minimum absolute atomic E-state index is 0.326. The number of carbonyl (C=O) groups is 2. The summed E-state index contributed by atoms with van der Waals surface area (Å²) in [6, 6.07) is 10.8. The number of nitrogens with one attached hydrogen (secondary N) is 2. The lowest BCUT2D eigenvalue weighted by Crippen LogP contribution is -2.33. The van der Waals surface area contributed by atoms with Crippen molar-refractivity contribution in [1.29, 1.82) is 0 Å². The van der Waals surface area contributed by atoms with Crippen molar-refractivity contribution in [1.82, 2.24) is 10.9 Å². The Morgan fingerprint density at radius 3 is 1.41 bits per heavy atom. The molecule has 0 bridgehead atoms. The monoisotopic (exact) mass is 558 g/mol. The average molecular weight is 559 g/mol. The largest absolute Gasteiger partial charge is 0.490 e. The summed E-state index contributed by atoms with van der Waals surface area (Å²) in [7, 11) is 0. The third kappa shape index (κ3) is 10.5. The predicted molar refractivity (Wildman–Crippen MR) is 156 cm³/mol. The highest BCUT2D eigenvalue weighted by molar-refractivity contribution is 8.01. The zero-order chi connectivity index (χ0) is 28.6. The number of carbonyl (C=O) groups excluding carboxylic acids is 2. The number of thioether (sulfide) groups is 1. The van der Waals surface area contributed by atoms with Gasteiger partial charge < -0.3 is 18.9 Å². The summed E-state index contributed by atoms with van der Waals surface area (Å²) >= 11 is 1.20. The number of amides is 2. The molecule has 0 heterocycles. The van der Waals surface area contributed by atoms with E-state index in [0.717, 1.165) is 11.1 Å². The van der Waals surface area contributed by atoms with Gasteiger partial charge in [-0.05, 0) is 89.1 Å². The molecule has 2 amide bonds. The molecule has 2 aromatic carbocycles. The quantitative estimate of drug-likeness (QED) is 0.232. The average Bonchev–Trinajstić information content (AvgIpc) is 2.91. The van der Waals surface area contributed by atoms with Gasteiger partial charge >= 0.3 is 0 Å². The van der Waals surface area contributed by atoms with E-state index < -0.39 is 10.5 Å². The van der Waals surface area contributed by atoms with Gasteiger partial charge in [0, 0.05) is 0 Å². The van der Waals surface area contributed by atoms with Crippen LogP contribution >= 0.6 is 11.8 Å². The van der Waals surface area contributed by atoms with Crippen LogP contribution in [0.15, 0.2) is 46.6 Å². The summed E-state index contributed by atoms with van der Waals surface area (Å²) in [4.78, 5) is 25.0. The number of hydrogen-bond acceptors (Lipinski definition) is 9. The van der Waals surface area contributed by atoms with Gasteiger partial charge in [0.1, 0.15) is 0 Å². The van der Waals surface area contributed by atoms with Crippen LogP contribution in [0.1, 0.15) is 52.7 Å². The van der Waals surface area contributed by atoms with Gasteiger partial charge in [0.25, 0.3) is 11.8 Å². The number of benzene rings is 2. The number of hydrogen-bond donors (Lipinski definition) is 2. The summed E-state index contributed by atoms with van der Waals surface area (Å²) < 4.78 is 22.3. The van der Waals surface area contributed by atoms with E-state index in [1.54, 1.807) is 38.1 Å². The van der Waals surface area contributed by atoms with Crippen molar-refractivity contribution in [2.24, 2.45) is 10.2 Å². The Morgan fingerprint density at radius 2 is 1.05 bits per heavy atom. The molecule has 10 nitrogen and oxygen atoms in total. The molecule has 0 aromatic heterocycles. The molecule has 0 radical (unpaired) electrons. The van der Waals surface area contributed by atoms with Crippen LogP contribution in [0, 0.1) is 0 Å². The summed E-state index contributed by atoms with van der Waals surface area (Å²) in [6.07, 6.45) is 3.05. The third-order valence-electron chi connectivity index (χ3n) is 5.06. The Bertz CT molecular complexity index is 1050. The molecule has 0 saturated carbocycles. The second-order valence-corrected chi connectivity index (χ2v) is 9.72. The first-order chi connectivity index (χ1) is 18.8. The molecule has 0 spiro atoms. The van der Waals surface area contributed by atoms with Gasteiger partial charge in [-0.15, -0.1) is 11.8 Å². The number of ether oxygens (including phenoxy) is 4. The highest BCUT2D eigenvalue weighted by atomic mass is 32.2. The first kappa shape index (κ1) is 31.5. The van der Waals surface area contributed by atoms with Crippen molar-refractivity contribution in [2.75, 3.05) is 26.4 Å². The standard InChI is InChI=1S/C28H38N4O6S/c1-7-35-23-13-11-21(15-25(23)37-9-3)17-29-31-27(33)19(5)39-20(6)28(34)32-30-18-22-12-14-24(36-8-2)26(16-22)38-10-4/h11-20H,7-10H2,1-6H3,(H,31,33)(H,32,34). The second-order valence-electron chi connectivity index (χ2n) is 8.03. The second kappa shape index (κ2) is 17.0. The molecule has 0 saturated heterocycles. The lowest BCUT2D eigenvalue weighted by atomic mass is 10.2. The van der Waals surface area contributed by atoms with Crippen LogP contribution in [0.25, 0.3) is 0 Å². The van der Waals surface area contributed by atoms with Crippen LogP contribution in [0.5, 0.6) is 23.0 Å². The molecule has 2 rings (SSSR count). The molecule has 2 N–H and O–H groups in total. The van der Waals surface area contributed by atoms with Crippen molar-refractivity contribution < 1.29 is 28.5 Å². The molecule has 0 aliphatic heterocycles. The molecule has 2 aromatic rings. The number of nitrogens with zero attached hydrogens (tertiary/aromatic N) is 2. The molecule has 39 heavy (non-hydrogen) atoms. The minimum Gasteiger partial charge on any atom is -0.490 e. The summed E-state index contributed by atoms with van der Waals surface area (Å²) in [6.45, 7) is 13.1. The van der Waals surface area contributed by atoms with Crippen LogP contribution in [0.2, 0.25) is 0 Å². The van der Waals surface area contributed by atoms with E-state index in [4.69, 9.17) is 18.9 Å². The maximum atomic E-state index is 12.5. The Morgan fingerprint density at radius 1 is 0.692 bits per heavy atom. The van der Waals surface area contributed by atoms with Crippen LogP contribution in [0.3, 0.4) is 0 Å². The fourth-order valence-electron chi connectivity index (χ4n) is 3.25. The van der Waals surface area contributed by atoms with Crippen LogP contribution in [0.4, 0.5) is 0 Å². The van der Waals surface area contributed by atoms with Crippen molar-refractivity contribution in [3.8, 4) is 23.0 Å². The van der Waals surface area contributed by atoms with Crippen molar-refractivity contribution in [2.45, 2.75) is 52.0 Å². The summed E-state index contributed by atoms with van der Waals surface area (Å²) in [5.74, 6) is 1.87. The smallest absolute Gasteiger partial charge is 0.252 e. The SMILES string of the molecule is CCOc1ccc(C=NNC(=O)C(C)SC(C)C(=O)NN=Cc2ccc(OCC)c(OCC)c2)cc1OCC. The van der Waals surface area contributed by atoms with Crippen molar-refractivity contribution >= 4 is 36.0 Å². The highest BCUT2D eigenvalue weighted by Gasteiger charge is 2.21. The number of hydrazone groups is 2. The Balaban J connectivity index is 1.87. The minimum atomic E-state index is -0.522. The summed E-state index contributed by atoms with van der Waals surface area (Å²) in [5, 5.41) is 7.03. The van der Waals surface area contributed by atoms with E-state index >= 15 is 0 Å². The maximum Gasteiger partial charge on any atom is 0.252 e. The van der Waals surface area contributed by atoms with E-state index in [1.165, 1.54) is 24.2 Å². The normalized spacial score (nSPS) is 12.7. The van der Waals surface area contributed by atoms with Crippen molar-refractivity contribution in [3.05, 3.63) is 47.5 Å². The lowest BCUT2D eigenvalue weighted by Gasteiger charge is -2.14. The zero-order valence-corrected chi connectivity index (χ0v) is 24.2. The molecule has 0 aliphatic rings. The van der Waals surface area contributed by atoms with Gasteiger partial charge in [0.2, 0.25) is 0 Å². The van der Waals surface area contributed by atoms with Crippen LogP contribution in [-0.2, 0) is 9.59 Å². The molecular weight excluding hydrogens is 520 g/mol. The van der Waals surface area contributed by atoms with Crippen LogP contribution < -0.4 is 29.8 Å². The molecule has 0 aliphatic carbocycles. The first-order valence-corrected chi connectivity index (χ1v) is 13.9. The highest BCUT2D eigenvalue weighted by Crippen LogP contribution is 2.29. The molecule has 2 atom stereocenters. The van der Waals surface area contributed by atoms with Gasteiger partial charge in [-0.1, -0.05) is 0 Å². The Labute approximate surface area is 234 Å². The summed E-state index contributed by atoms with van der Waals surface area (Å²) in [5.41, 5.74) is 6.52. The number of rotatable bonds is 16.